The van der Waals surface area contributed by atoms with Crippen LogP contribution in [0.4, 0.5) is 5.95 Å². The van der Waals surface area contributed by atoms with Gasteiger partial charge in [-0.3, -0.25) is 0 Å². The molecule has 1 aliphatic rings. The predicted octanol–water partition coefficient (Wildman–Crippen LogP) is 2.16. The van der Waals surface area contributed by atoms with Crippen molar-refractivity contribution in [1.82, 2.24) is 9.97 Å². The highest BCUT2D eigenvalue weighted by Gasteiger charge is 2.35. The minimum Gasteiger partial charge on any atom is -0.388 e. The van der Waals surface area contributed by atoms with Crippen molar-refractivity contribution in [3.8, 4) is 0 Å². The van der Waals surface area contributed by atoms with E-state index in [0.29, 0.717) is 16.6 Å². The number of thiocarbonyl (C=S) groups is 1. The third-order valence-corrected chi connectivity index (χ3v) is 3.68. The van der Waals surface area contributed by atoms with Crippen LogP contribution in [0.5, 0.6) is 0 Å². The van der Waals surface area contributed by atoms with E-state index in [1.54, 1.807) is 0 Å². The smallest absolute Gasteiger partial charge is 0.223 e. The Kier molecular flexibility index (Phi) is 3.28. The molecule has 0 saturated heterocycles. The first kappa shape index (κ1) is 12.2. The maximum absolute atomic E-state index is 5.61. The first-order valence-corrected chi connectivity index (χ1v) is 6.39. The van der Waals surface area contributed by atoms with Gasteiger partial charge in [0.25, 0.3) is 0 Å². The van der Waals surface area contributed by atoms with Crippen LogP contribution in [0, 0.1) is 6.92 Å². The van der Waals surface area contributed by atoms with Gasteiger partial charge < -0.3 is 11.1 Å². The van der Waals surface area contributed by atoms with Crippen molar-refractivity contribution in [1.29, 1.82) is 0 Å². The van der Waals surface area contributed by atoms with Crippen LogP contribution < -0.4 is 11.1 Å². The molecule has 17 heavy (non-hydrogen) atoms. The summed E-state index contributed by atoms with van der Waals surface area (Å²) in [6.45, 7) is 4.12. The van der Waals surface area contributed by atoms with Gasteiger partial charge in [-0.2, -0.15) is 0 Å². The van der Waals surface area contributed by atoms with E-state index in [-0.39, 0.29) is 5.54 Å². The van der Waals surface area contributed by atoms with E-state index in [2.05, 4.69) is 22.2 Å². The maximum Gasteiger partial charge on any atom is 0.223 e. The molecule has 0 aliphatic heterocycles. The molecule has 1 aromatic heterocycles. The Balaban J connectivity index is 2.23. The van der Waals surface area contributed by atoms with Crippen LogP contribution in [0.1, 0.15) is 44.0 Å². The standard InChI is InChI=1S/C12H18N4S/c1-3-12(5-4-6-12)16-11-14-8(2)7-9(15-11)10(13)17/h7H,3-6H2,1-2H3,(H2,13,17)(H,14,15,16). The van der Waals surface area contributed by atoms with Gasteiger partial charge in [0.1, 0.15) is 10.7 Å². The molecule has 1 heterocycles. The monoisotopic (exact) mass is 250 g/mol. The average molecular weight is 250 g/mol. The quantitative estimate of drug-likeness (QED) is 0.802. The molecule has 92 valence electrons. The van der Waals surface area contributed by atoms with Crippen molar-refractivity contribution in [3.63, 3.8) is 0 Å². The average Bonchev–Trinajstić information content (AvgIpc) is 2.22. The number of rotatable bonds is 4. The first-order chi connectivity index (χ1) is 8.04. The second-order valence-corrected chi connectivity index (χ2v) is 5.13. The molecule has 2 rings (SSSR count). The van der Waals surface area contributed by atoms with Crippen LogP contribution in [0.15, 0.2) is 6.07 Å². The third-order valence-electron chi connectivity index (χ3n) is 3.47. The number of aryl methyl sites for hydroxylation is 1. The lowest BCUT2D eigenvalue weighted by Gasteiger charge is -2.42. The molecule has 0 aromatic carbocycles. The fourth-order valence-electron chi connectivity index (χ4n) is 2.16. The molecule has 1 aromatic rings. The lowest BCUT2D eigenvalue weighted by atomic mass is 9.75. The van der Waals surface area contributed by atoms with Crippen LogP contribution >= 0.6 is 12.2 Å². The van der Waals surface area contributed by atoms with Gasteiger partial charge in [0.05, 0.1) is 0 Å². The summed E-state index contributed by atoms with van der Waals surface area (Å²) in [4.78, 5) is 9.07. The summed E-state index contributed by atoms with van der Waals surface area (Å²) in [6.07, 6.45) is 4.73. The Morgan fingerprint density at radius 2 is 2.24 bits per heavy atom. The van der Waals surface area contributed by atoms with Gasteiger partial charge in [0.15, 0.2) is 0 Å². The normalized spacial score (nSPS) is 17.3. The lowest BCUT2D eigenvalue weighted by molar-refractivity contribution is 0.268. The number of nitrogens with zero attached hydrogens (tertiary/aromatic N) is 2. The maximum atomic E-state index is 5.61. The number of hydrogen-bond acceptors (Lipinski definition) is 4. The molecule has 5 heteroatoms. The number of nitrogens with two attached hydrogens (primary N) is 1. The van der Waals surface area contributed by atoms with Crippen molar-refractivity contribution >= 4 is 23.2 Å². The molecule has 1 fully saturated rings. The molecular formula is C12H18N4S. The molecule has 0 bridgehead atoms. The minimum atomic E-state index is 0.182. The predicted molar refractivity (Wildman–Crippen MR) is 73.2 cm³/mol. The van der Waals surface area contributed by atoms with Crippen LogP contribution in [0.25, 0.3) is 0 Å². The van der Waals surface area contributed by atoms with Crippen molar-refractivity contribution in [2.45, 2.75) is 45.1 Å². The second-order valence-electron chi connectivity index (χ2n) is 4.69. The number of nitrogens with one attached hydrogen (secondary N) is 1. The Hall–Kier alpha value is -1.23. The molecular weight excluding hydrogens is 232 g/mol. The van der Waals surface area contributed by atoms with E-state index in [1.807, 2.05) is 13.0 Å². The van der Waals surface area contributed by atoms with E-state index in [4.69, 9.17) is 18.0 Å². The van der Waals surface area contributed by atoms with Crippen molar-refractivity contribution in [2.75, 3.05) is 5.32 Å². The van der Waals surface area contributed by atoms with Crippen LogP contribution in [-0.4, -0.2) is 20.5 Å². The van der Waals surface area contributed by atoms with Crippen LogP contribution in [0.3, 0.4) is 0 Å². The summed E-state index contributed by atoms with van der Waals surface area (Å²) in [6, 6.07) is 1.81. The molecule has 0 atom stereocenters. The zero-order chi connectivity index (χ0) is 12.5. The molecule has 0 radical (unpaired) electrons. The Morgan fingerprint density at radius 3 is 2.71 bits per heavy atom. The summed E-state index contributed by atoms with van der Waals surface area (Å²) in [5.74, 6) is 0.648. The molecule has 3 N–H and O–H groups in total. The third kappa shape index (κ3) is 2.54. The van der Waals surface area contributed by atoms with Gasteiger partial charge in [-0.15, -0.1) is 0 Å². The van der Waals surface area contributed by atoms with Crippen LogP contribution in [0.2, 0.25) is 0 Å². The molecule has 1 saturated carbocycles. The highest BCUT2D eigenvalue weighted by Crippen LogP contribution is 2.37. The zero-order valence-corrected chi connectivity index (χ0v) is 11.1. The van der Waals surface area contributed by atoms with E-state index in [1.165, 1.54) is 19.3 Å². The van der Waals surface area contributed by atoms with Crippen molar-refractivity contribution in [2.24, 2.45) is 5.73 Å². The number of hydrogen-bond donors (Lipinski definition) is 2. The number of anilines is 1. The van der Waals surface area contributed by atoms with E-state index in [9.17, 15) is 0 Å². The Bertz CT molecular complexity index is 435. The van der Waals surface area contributed by atoms with Gasteiger partial charge in [-0.1, -0.05) is 19.1 Å². The van der Waals surface area contributed by atoms with Gasteiger partial charge in [-0.05, 0) is 38.7 Å². The largest absolute Gasteiger partial charge is 0.388 e. The fraction of sp³-hybridized carbons (Fsp3) is 0.583. The highest BCUT2D eigenvalue weighted by molar-refractivity contribution is 7.80. The van der Waals surface area contributed by atoms with Gasteiger partial charge in [0, 0.05) is 11.2 Å². The van der Waals surface area contributed by atoms with Gasteiger partial charge in [0.2, 0.25) is 5.95 Å². The Morgan fingerprint density at radius 1 is 1.53 bits per heavy atom. The summed E-state index contributed by atoms with van der Waals surface area (Å²) in [5.41, 5.74) is 7.31. The van der Waals surface area contributed by atoms with Gasteiger partial charge >= 0.3 is 0 Å². The summed E-state index contributed by atoms with van der Waals surface area (Å²) in [5, 5.41) is 3.44. The lowest BCUT2D eigenvalue weighted by Crippen LogP contribution is -2.44. The molecule has 0 spiro atoms. The summed E-state index contributed by atoms with van der Waals surface area (Å²) >= 11 is 4.95. The van der Waals surface area contributed by atoms with Crippen molar-refractivity contribution < 1.29 is 0 Å². The highest BCUT2D eigenvalue weighted by atomic mass is 32.1. The topological polar surface area (TPSA) is 63.8 Å². The zero-order valence-electron chi connectivity index (χ0n) is 10.3. The van der Waals surface area contributed by atoms with E-state index < -0.39 is 0 Å². The molecule has 0 unspecified atom stereocenters. The van der Waals surface area contributed by atoms with Crippen LogP contribution in [-0.2, 0) is 0 Å². The molecule has 1 aliphatic carbocycles. The Labute approximate surface area is 107 Å². The van der Waals surface area contributed by atoms with Gasteiger partial charge in [-0.25, -0.2) is 9.97 Å². The first-order valence-electron chi connectivity index (χ1n) is 5.98. The molecule has 0 amide bonds. The SMILES string of the molecule is CCC1(Nc2nc(C)cc(C(N)=S)n2)CCC1. The number of aromatic nitrogens is 2. The molecule has 4 nitrogen and oxygen atoms in total. The summed E-state index contributed by atoms with van der Waals surface area (Å²) < 4.78 is 0. The fourth-order valence-corrected chi connectivity index (χ4v) is 2.26. The van der Waals surface area contributed by atoms with Crippen molar-refractivity contribution in [3.05, 3.63) is 17.5 Å². The van der Waals surface area contributed by atoms with E-state index in [0.717, 1.165) is 12.1 Å². The summed E-state index contributed by atoms with van der Waals surface area (Å²) in [7, 11) is 0. The second kappa shape index (κ2) is 4.56. The minimum absolute atomic E-state index is 0.182. The van der Waals surface area contributed by atoms with E-state index >= 15 is 0 Å².